The van der Waals surface area contributed by atoms with Crippen LogP contribution < -0.4 is 15.4 Å². The fourth-order valence-corrected chi connectivity index (χ4v) is 2.38. The van der Waals surface area contributed by atoms with E-state index >= 15 is 0 Å². The fraction of sp³-hybridized carbons (Fsp3) is 0.200. The van der Waals surface area contributed by atoms with Gasteiger partial charge in [-0.05, 0) is 37.3 Å². The minimum absolute atomic E-state index is 0.0334. The number of esters is 1. The maximum atomic E-state index is 12.1. The number of non-ortho nitro benzene ring substituents is 1. The molecule has 0 aliphatic heterocycles. The molecule has 174 valence electrons. The number of nitro benzene ring substituents is 1. The second-order valence-electron chi connectivity index (χ2n) is 6.39. The van der Waals surface area contributed by atoms with Crippen LogP contribution in [0.5, 0.6) is 5.75 Å². The van der Waals surface area contributed by atoms with Crippen LogP contribution in [0.4, 0.5) is 14.5 Å². The van der Waals surface area contributed by atoms with Crippen molar-refractivity contribution >= 4 is 29.4 Å². The van der Waals surface area contributed by atoms with Gasteiger partial charge in [-0.15, -0.1) is 0 Å². The summed E-state index contributed by atoms with van der Waals surface area (Å²) in [6.45, 7) is -2.60. The van der Waals surface area contributed by atoms with Crippen LogP contribution in [0.15, 0.2) is 48.5 Å². The van der Waals surface area contributed by atoms with Crippen molar-refractivity contribution in [2.24, 2.45) is 0 Å². The van der Waals surface area contributed by atoms with Gasteiger partial charge in [0.15, 0.2) is 6.61 Å². The highest BCUT2D eigenvalue weighted by molar-refractivity contribution is 6.05. The highest BCUT2D eigenvalue weighted by Crippen LogP contribution is 2.15. The molecule has 2 aromatic carbocycles. The second kappa shape index (κ2) is 11.3. The van der Waals surface area contributed by atoms with Crippen LogP contribution in [0.3, 0.4) is 0 Å². The van der Waals surface area contributed by atoms with Crippen molar-refractivity contribution in [3.8, 4) is 5.75 Å². The quantitative estimate of drug-likeness (QED) is 0.323. The molecule has 2 aromatic rings. The van der Waals surface area contributed by atoms with E-state index in [2.05, 4.69) is 10.1 Å². The van der Waals surface area contributed by atoms with E-state index in [0.29, 0.717) is 0 Å². The number of benzene rings is 2. The molecule has 2 N–H and O–H groups in total. The lowest BCUT2D eigenvalue weighted by Crippen LogP contribution is -2.41. The average Bonchev–Trinajstić information content (AvgIpc) is 2.77. The van der Waals surface area contributed by atoms with Crippen LogP contribution in [0, 0.1) is 10.1 Å². The summed E-state index contributed by atoms with van der Waals surface area (Å²) in [4.78, 5) is 58.0. The SMILES string of the molecule is C[C@H](NC(=O)c1cccc([N+](=O)[O-])c1)C(=O)OCC(=O)NC(=O)c1ccc(OC(F)F)cc1. The second-order valence-corrected chi connectivity index (χ2v) is 6.39. The molecule has 0 fully saturated rings. The zero-order valence-electron chi connectivity index (χ0n) is 16.9. The number of rotatable bonds is 9. The number of amides is 3. The Labute approximate surface area is 184 Å². The Morgan fingerprint density at radius 1 is 1.03 bits per heavy atom. The Balaban J connectivity index is 1.82. The molecule has 2 rings (SSSR count). The van der Waals surface area contributed by atoms with Crippen LogP contribution in [0.1, 0.15) is 27.6 Å². The van der Waals surface area contributed by atoms with Gasteiger partial charge < -0.3 is 14.8 Å². The van der Waals surface area contributed by atoms with E-state index in [4.69, 9.17) is 4.74 Å². The predicted molar refractivity (Wildman–Crippen MR) is 107 cm³/mol. The molecule has 0 aliphatic rings. The van der Waals surface area contributed by atoms with Crippen molar-refractivity contribution in [1.29, 1.82) is 0 Å². The highest BCUT2D eigenvalue weighted by atomic mass is 19.3. The monoisotopic (exact) mass is 465 g/mol. The predicted octanol–water partition coefficient (Wildman–Crippen LogP) is 1.81. The van der Waals surface area contributed by atoms with E-state index in [1.165, 1.54) is 25.1 Å². The third kappa shape index (κ3) is 7.65. The Bertz CT molecular complexity index is 1060. The summed E-state index contributed by atoms with van der Waals surface area (Å²) in [5, 5.41) is 15.0. The van der Waals surface area contributed by atoms with Crippen molar-refractivity contribution in [2.75, 3.05) is 6.61 Å². The summed E-state index contributed by atoms with van der Waals surface area (Å²) >= 11 is 0. The normalized spacial score (nSPS) is 11.3. The third-order valence-electron chi connectivity index (χ3n) is 3.96. The van der Waals surface area contributed by atoms with Gasteiger partial charge in [-0.3, -0.25) is 29.8 Å². The Kier molecular flexibility index (Phi) is 8.49. The summed E-state index contributed by atoms with van der Waals surface area (Å²) in [7, 11) is 0. The van der Waals surface area contributed by atoms with E-state index in [-0.39, 0.29) is 22.6 Å². The summed E-state index contributed by atoms with van der Waals surface area (Å²) in [5.41, 5.74) is -0.401. The Hall–Kier alpha value is -4.42. The summed E-state index contributed by atoms with van der Waals surface area (Å²) in [6.07, 6.45) is 0. The van der Waals surface area contributed by atoms with Crippen molar-refractivity contribution in [3.63, 3.8) is 0 Å². The van der Waals surface area contributed by atoms with Crippen LogP contribution in [0.25, 0.3) is 0 Å². The number of alkyl halides is 2. The molecule has 0 saturated carbocycles. The van der Waals surface area contributed by atoms with E-state index in [9.17, 15) is 38.1 Å². The number of nitrogens with zero attached hydrogens (tertiary/aromatic N) is 1. The number of nitro groups is 1. The first-order chi connectivity index (χ1) is 15.6. The molecule has 13 heteroatoms. The molecule has 0 heterocycles. The third-order valence-corrected chi connectivity index (χ3v) is 3.96. The summed E-state index contributed by atoms with van der Waals surface area (Å²) in [5.74, 6) is -3.79. The zero-order valence-corrected chi connectivity index (χ0v) is 16.9. The smallest absolute Gasteiger partial charge is 0.387 e. The number of imide groups is 1. The number of hydrogen-bond donors (Lipinski definition) is 2. The molecule has 0 radical (unpaired) electrons. The molecule has 0 bridgehead atoms. The van der Waals surface area contributed by atoms with Crippen molar-refractivity contribution in [1.82, 2.24) is 10.6 Å². The molecule has 0 spiro atoms. The van der Waals surface area contributed by atoms with Crippen molar-refractivity contribution in [3.05, 3.63) is 69.8 Å². The lowest BCUT2D eigenvalue weighted by atomic mass is 10.2. The van der Waals surface area contributed by atoms with Gasteiger partial charge in [-0.2, -0.15) is 8.78 Å². The summed E-state index contributed by atoms with van der Waals surface area (Å²) < 4.78 is 33.1. The van der Waals surface area contributed by atoms with Gasteiger partial charge >= 0.3 is 12.6 Å². The van der Waals surface area contributed by atoms with Crippen molar-refractivity contribution in [2.45, 2.75) is 19.6 Å². The number of carbonyl (C=O) groups is 4. The van der Waals surface area contributed by atoms with Gasteiger partial charge in [0.1, 0.15) is 11.8 Å². The van der Waals surface area contributed by atoms with Crippen LogP contribution >= 0.6 is 0 Å². The topological polar surface area (TPSA) is 154 Å². The molecule has 0 aromatic heterocycles. The highest BCUT2D eigenvalue weighted by Gasteiger charge is 2.21. The average molecular weight is 465 g/mol. The molecule has 0 unspecified atom stereocenters. The minimum atomic E-state index is -3.03. The van der Waals surface area contributed by atoms with E-state index in [1.807, 2.05) is 5.32 Å². The number of carbonyl (C=O) groups excluding carboxylic acids is 4. The van der Waals surface area contributed by atoms with Gasteiger partial charge in [0.05, 0.1) is 4.92 Å². The first kappa shape index (κ1) is 24.8. The molecule has 11 nitrogen and oxygen atoms in total. The molecule has 3 amide bonds. The number of hydrogen-bond acceptors (Lipinski definition) is 8. The van der Waals surface area contributed by atoms with Gasteiger partial charge in [0.25, 0.3) is 23.4 Å². The standard InChI is InChI=1S/C20H17F2N3O8/c1-11(23-18(28)13-3-2-4-14(9-13)25(30)31)19(29)32-10-16(26)24-17(27)12-5-7-15(8-6-12)33-20(21)22/h2-9,11,20H,10H2,1H3,(H,23,28)(H,24,26,27)/t11-/m0/s1. The van der Waals surface area contributed by atoms with Crippen molar-refractivity contribution < 1.29 is 42.4 Å². The number of halogens is 2. The van der Waals surface area contributed by atoms with Crippen LogP contribution in [-0.4, -0.2) is 47.9 Å². The number of nitrogens with one attached hydrogen (secondary N) is 2. The molecular weight excluding hydrogens is 448 g/mol. The maximum absolute atomic E-state index is 12.1. The molecule has 0 aliphatic carbocycles. The van der Waals surface area contributed by atoms with Gasteiger partial charge in [-0.1, -0.05) is 6.07 Å². The first-order valence-corrected chi connectivity index (χ1v) is 9.18. The zero-order chi connectivity index (χ0) is 24.5. The van der Waals surface area contributed by atoms with Crippen LogP contribution in [0.2, 0.25) is 0 Å². The lowest BCUT2D eigenvalue weighted by Gasteiger charge is -2.13. The van der Waals surface area contributed by atoms with Gasteiger partial charge in [-0.25, -0.2) is 4.79 Å². The van der Waals surface area contributed by atoms with Crippen LogP contribution in [-0.2, 0) is 14.3 Å². The summed E-state index contributed by atoms with van der Waals surface area (Å²) in [6, 6.07) is 8.15. The Morgan fingerprint density at radius 3 is 2.30 bits per heavy atom. The molecule has 1 atom stereocenters. The molecular formula is C20H17F2N3O8. The largest absolute Gasteiger partial charge is 0.454 e. The molecule has 33 heavy (non-hydrogen) atoms. The van der Waals surface area contributed by atoms with Gasteiger partial charge in [0.2, 0.25) is 0 Å². The minimum Gasteiger partial charge on any atom is -0.454 e. The maximum Gasteiger partial charge on any atom is 0.387 e. The van der Waals surface area contributed by atoms with Gasteiger partial charge in [0, 0.05) is 23.3 Å². The number of ether oxygens (including phenoxy) is 2. The molecule has 0 saturated heterocycles. The van der Waals surface area contributed by atoms with E-state index in [0.717, 1.165) is 30.3 Å². The Morgan fingerprint density at radius 2 is 1.70 bits per heavy atom. The fourth-order valence-electron chi connectivity index (χ4n) is 2.38. The first-order valence-electron chi connectivity index (χ1n) is 9.18. The lowest BCUT2D eigenvalue weighted by molar-refractivity contribution is -0.384. The van der Waals surface area contributed by atoms with E-state index in [1.54, 1.807) is 0 Å². The van der Waals surface area contributed by atoms with E-state index < -0.39 is 47.9 Å².